The van der Waals surface area contributed by atoms with E-state index in [4.69, 9.17) is 9.47 Å². The van der Waals surface area contributed by atoms with Gasteiger partial charge < -0.3 is 14.2 Å². The van der Waals surface area contributed by atoms with E-state index in [9.17, 15) is 22.8 Å². The van der Waals surface area contributed by atoms with Crippen molar-refractivity contribution < 1.29 is 37.0 Å². The van der Waals surface area contributed by atoms with Crippen molar-refractivity contribution in [3.05, 3.63) is 29.8 Å². The summed E-state index contributed by atoms with van der Waals surface area (Å²) in [6.07, 6.45) is -0.0102. The van der Waals surface area contributed by atoms with Gasteiger partial charge in [-0.2, -0.15) is 4.31 Å². The molecule has 2 fully saturated rings. The van der Waals surface area contributed by atoms with Gasteiger partial charge in [-0.15, -0.1) is 0 Å². The number of benzene rings is 1. The number of rotatable bonds is 5. The number of esters is 3. The lowest BCUT2D eigenvalue weighted by Gasteiger charge is -2.30. The molecule has 2 aliphatic heterocycles. The van der Waals surface area contributed by atoms with Crippen molar-refractivity contribution in [2.75, 3.05) is 26.8 Å². The van der Waals surface area contributed by atoms with Crippen molar-refractivity contribution in [1.29, 1.82) is 0 Å². The number of nitrogens with zero attached hydrogens (tertiary/aromatic N) is 1. The molecule has 0 aromatic heterocycles. The van der Waals surface area contributed by atoms with E-state index in [2.05, 4.69) is 4.74 Å². The maximum absolute atomic E-state index is 13.0. The summed E-state index contributed by atoms with van der Waals surface area (Å²) < 4.78 is 41.8. The molecule has 3 rings (SSSR count). The van der Waals surface area contributed by atoms with E-state index >= 15 is 0 Å². The molecule has 9 nitrogen and oxygen atoms in total. The van der Waals surface area contributed by atoms with E-state index in [0.717, 1.165) is 0 Å². The molecule has 0 saturated carbocycles. The molecule has 0 spiro atoms. The summed E-state index contributed by atoms with van der Waals surface area (Å²) in [5.74, 6) is -2.29. The van der Waals surface area contributed by atoms with Crippen LogP contribution in [0, 0.1) is 5.92 Å². The number of piperidine rings is 1. The quantitative estimate of drug-likeness (QED) is 0.514. The van der Waals surface area contributed by atoms with Crippen LogP contribution < -0.4 is 0 Å². The third-order valence-corrected chi connectivity index (χ3v) is 6.80. The molecule has 1 atom stereocenters. The zero-order chi connectivity index (χ0) is 20.3. The highest BCUT2D eigenvalue weighted by molar-refractivity contribution is 7.89. The van der Waals surface area contributed by atoms with Gasteiger partial charge in [0.15, 0.2) is 0 Å². The first-order valence-electron chi connectivity index (χ1n) is 8.89. The summed E-state index contributed by atoms with van der Waals surface area (Å²) in [5, 5.41) is 0. The van der Waals surface area contributed by atoms with Crippen LogP contribution in [0.25, 0.3) is 0 Å². The van der Waals surface area contributed by atoms with Gasteiger partial charge in [0.05, 0.1) is 30.1 Å². The molecule has 1 aromatic carbocycles. The van der Waals surface area contributed by atoms with Gasteiger partial charge in [0.1, 0.15) is 0 Å². The minimum absolute atomic E-state index is 0.0359. The number of hydrogen-bond donors (Lipinski definition) is 0. The molecule has 0 unspecified atom stereocenters. The molecular formula is C18H21NO8S. The largest absolute Gasteiger partial charge is 0.465 e. The Hall–Kier alpha value is -2.46. The maximum atomic E-state index is 13.0. The van der Waals surface area contributed by atoms with Crippen LogP contribution in [-0.2, 0) is 33.8 Å². The molecular weight excluding hydrogens is 390 g/mol. The van der Waals surface area contributed by atoms with Crippen LogP contribution >= 0.6 is 0 Å². The van der Waals surface area contributed by atoms with Gasteiger partial charge in [-0.05, 0) is 25.0 Å². The smallest absolute Gasteiger partial charge is 0.347 e. The average Bonchev–Trinajstić information content (AvgIpc) is 3.11. The molecule has 28 heavy (non-hydrogen) atoms. The molecule has 0 radical (unpaired) electrons. The SMILES string of the molecule is COC(=O)c1ccccc1S(=O)(=O)N1CCC(C(=O)O[C@H]2CCOC2=O)CC1. The van der Waals surface area contributed by atoms with Crippen LogP contribution in [0.2, 0.25) is 0 Å². The van der Waals surface area contributed by atoms with Crippen LogP contribution in [0.15, 0.2) is 29.2 Å². The Labute approximate surface area is 162 Å². The summed E-state index contributed by atoms with van der Waals surface area (Å²) in [5.41, 5.74) is -0.0359. The second kappa shape index (κ2) is 8.27. The monoisotopic (exact) mass is 411 g/mol. The number of sulfonamides is 1. The average molecular weight is 411 g/mol. The van der Waals surface area contributed by atoms with E-state index in [1.807, 2.05) is 0 Å². The van der Waals surface area contributed by atoms with Crippen molar-refractivity contribution >= 4 is 27.9 Å². The highest BCUT2D eigenvalue weighted by Crippen LogP contribution is 2.27. The number of cyclic esters (lactones) is 1. The second-order valence-corrected chi connectivity index (χ2v) is 8.45. The summed E-state index contributed by atoms with van der Waals surface area (Å²) in [7, 11) is -2.74. The predicted octanol–water partition coefficient (Wildman–Crippen LogP) is 0.733. The molecule has 0 N–H and O–H groups in total. The molecule has 1 aromatic rings. The van der Waals surface area contributed by atoms with Crippen molar-refractivity contribution in [3.63, 3.8) is 0 Å². The van der Waals surface area contributed by atoms with E-state index in [-0.39, 0.29) is 43.0 Å². The summed E-state index contributed by atoms with van der Waals surface area (Å²) in [6, 6.07) is 5.84. The van der Waals surface area contributed by atoms with E-state index in [0.29, 0.717) is 6.42 Å². The third kappa shape index (κ3) is 4.02. The molecule has 0 bridgehead atoms. The van der Waals surface area contributed by atoms with E-state index in [1.54, 1.807) is 6.07 Å². The van der Waals surface area contributed by atoms with Crippen molar-refractivity contribution in [2.45, 2.75) is 30.3 Å². The highest BCUT2D eigenvalue weighted by atomic mass is 32.2. The lowest BCUT2D eigenvalue weighted by Crippen LogP contribution is -2.41. The summed E-state index contributed by atoms with van der Waals surface area (Å²) in [4.78, 5) is 35.4. The van der Waals surface area contributed by atoms with Crippen LogP contribution in [-0.4, -0.2) is 63.5 Å². The first-order valence-corrected chi connectivity index (χ1v) is 10.3. The number of carbonyl (C=O) groups is 3. The fourth-order valence-corrected chi connectivity index (χ4v) is 4.91. The fourth-order valence-electron chi connectivity index (χ4n) is 3.26. The van der Waals surface area contributed by atoms with Crippen LogP contribution in [0.1, 0.15) is 29.6 Å². The van der Waals surface area contributed by atoms with Gasteiger partial charge in [0, 0.05) is 19.5 Å². The maximum Gasteiger partial charge on any atom is 0.347 e. The first-order chi connectivity index (χ1) is 13.3. The standard InChI is InChI=1S/C18H21NO8S/c1-25-17(21)13-4-2-3-5-15(13)28(23,24)19-9-6-12(7-10-19)16(20)27-14-8-11-26-18(14)22/h2-5,12,14H,6-11H2,1H3/t14-/m0/s1. The zero-order valence-corrected chi connectivity index (χ0v) is 16.1. The predicted molar refractivity (Wildman–Crippen MR) is 94.7 cm³/mol. The van der Waals surface area contributed by atoms with Gasteiger partial charge >= 0.3 is 17.9 Å². The Bertz CT molecular complexity index is 873. The third-order valence-electron chi connectivity index (χ3n) is 4.84. The second-order valence-electron chi connectivity index (χ2n) is 6.55. The zero-order valence-electron chi connectivity index (χ0n) is 15.3. The lowest BCUT2D eigenvalue weighted by atomic mass is 9.98. The highest BCUT2D eigenvalue weighted by Gasteiger charge is 2.37. The fraction of sp³-hybridized carbons (Fsp3) is 0.500. The van der Waals surface area contributed by atoms with Gasteiger partial charge in [-0.1, -0.05) is 12.1 Å². The molecule has 2 aliphatic rings. The van der Waals surface area contributed by atoms with Gasteiger partial charge in [0.2, 0.25) is 16.1 Å². The van der Waals surface area contributed by atoms with Gasteiger partial charge in [0.25, 0.3) is 0 Å². The molecule has 0 aliphatic carbocycles. The van der Waals surface area contributed by atoms with Gasteiger partial charge in [-0.25, -0.2) is 18.0 Å². The van der Waals surface area contributed by atoms with Crippen molar-refractivity contribution in [2.24, 2.45) is 5.92 Å². The number of methoxy groups -OCH3 is 1. The molecule has 152 valence electrons. The number of hydrogen-bond acceptors (Lipinski definition) is 8. The summed E-state index contributed by atoms with van der Waals surface area (Å²) in [6.45, 7) is 0.437. The Balaban J connectivity index is 1.67. The Morgan fingerprint density at radius 3 is 2.43 bits per heavy atom. The summed E-state index contributed by atoms with van der Waals surface area (Å²) >= 11 is 0. The topological polar surface area (TPSA) is 116 Å². The normalized spacial score (nSPS) is 21.2. The van der Waals surface area contributed by atoms with Gasteiger partial charge in [-0.3, -0.25) is 4.79 Å². The van der Waals surface area contributed by atoms with Crippen molar-refractivity contribution in [3.8, 4) is 0 Å². The van der Waals surface area contributed by atoms with E-state index in [1.165, 1.54) is 29.6 Å². The molecule has 2 saturated heterocycles. The Morgan fingerprint density at radius 2 is 1.82 bits per heavy atom. The van der Waals surface area contributed by atoms with Crippen LogP contribution in [0.5, 0.6) is 0 Å². The molecule has 0 amide bonds. The van der Waals surface area contributed by atoms with Crippen LogP contribution in [0.4, 0.5) is 0 Å². The first kappa shape index (κ1) is 20.3. The number of ether oxygens (including phenoxy) is 3. The van der Waals surface area contributed by atoms with Crippen LogP contribution in [0.3, 0.4) is 0 Å². The van der Waals surface area contributed by atoms with Crippen molar-refractivity contribution in [1.82, 2.24) is 4.31 Å². The minimum Gasteiger partial charge on any atom is -0.465 e. The Morgan fingerprint density at radius 1 is 1.14 bits per heavy atom. The number of carbonyl (C=O) groups excluding carboxylic acids is 3. The Kier molecular flexibility index (Phi) is 5.99. The lowest BCUT2D eigenvalue weighted by molar-refractivity contribution is -0.164. The minimum atomic E-state index is -3.92. The molecule has 2 heterocycles. The van der Waals surface area contributed by atoms with E-state index < -0.39 is 40.0 Å². The molecule has 10 heteroatoms.